The van der Waals surface area contributed by atoms with Crippen LogP contribution in [-0.4, -0.2) is 32.0 Å². The molecule has 0 spiro atoms. The number of hydrogen-bond donors (Lipinski definition) is 1. The maximum absolute atomic E-state index is 11.5. The summed E-state index contributed by atoms with van der Waals surface area (Å²) in [4.78, 5) is 5.89. The van der Waals surface area contributed by atoms with Gasteiger partial charge in [0.25, 0.3) is 10.1 Å². The Labute approximate surface area is 187 Å². The van der Waals surface area contributed by atoms with Gasteiger partial charge in [-0.25, -0.2) is 0 Å². The van der Waals surface area contributed by atoms with Gasteiger partial charge in [0.15, 0.2) is 0 Å². The molecule has 10 heteroatoms. The normalized spacial score (nSPS) is 12.1. The summed E-state index contributed by atoms with van der Waals surface area (Å²) in [5.74, 6) is -0.347. The van der Waals surface area contributed by atoms with Gasteiger partial charge >= 0.3 is 29.6 Å². The monoisotopic (exact) mass is 412 g/mol. The molecule has 0 atom stereocenters. The number of nitrogens with zero attached hydrogens (tertiary/aromatic N) is 4. The first-order chi connectivity index (χ1) is 12.7. The van der Waals surface area contributed by atoms with E-state index in [1.54, 1.807) is 12.1 Å². The average molecular weight is 412 g/mol. The molecule has 28 heavy (non-hydrogen) atoms. The predicted molar refractivity (Wildman–Crippen MR) is 103 cm³/mol. The molecular formula is C18H21N4NaO4S. The van der Waals surface area contributed by atoms with Gasteiger partial charge in [-0.15, -0.1) is 5.11 Å². The van der Waals surface area contributed by atoms with E-state index in [4.69, 9.17) is 4.55 Å². The van der Waals surface area contributed by atoms with Gasteiger partial charge in [-0.2, -0.15) is 13.5 Å². The van der Waals surface area contributed by atoms with Crippen molar-refractivity contribution < 1.29 is 47.6 Å². The molecule has 2 rings (SSSR count). The van der Waals surface area contributed by atoms with Crippen molar-refractivity contribution in [1.82, 2.24) is 0 Å². The molecule has 1 N–H and O–H groups in total. The van der Waals surface area contributed by atoms with Gasteiger partial charge in [0.1, 0.15) is 5.69 Å². The molecule has 0 amide bonds. The van der Waals surface area contributed by atoms with Crippen molar-refractivity contribution in [3.05, 3.63) is 42.5 Å². The van der Waals surface area contributed by atoms with Crippen LogP contribution in [0.25, 0.3) is 0 Å². The molecule has 0 aromatic heterocycles. The van der Waals surface area contributed by atoms with Gasteiger partial charge in [0.2, 0.25) is 0 Å². The van der Waals surface area contributed by atoms with Crippen LogP contribution in [0.4, 0.5) is 22.7 Å². The van der Waals surface area contributed by atoms with Crippen molar-refractivity contribution >= 4 is 38.8 Å². The molecule has 0 aliphatic rings. The van der Waals surface area contributed by atoms with Crippen molar-refractivity contribution in [1.29, 1.82) is 0 Å². The maximum atomic E-state index is 11.5. The molecule has 0 fully saturated rings. The summed E-state index contributed by atoms with van der Waals surface area (Å²) in [6.45, 7) is 7.07. The van der Waals surface area contributed by atoms with Gasteiger partial charge in [-0.1, -0.05) is 0 Å². The van der Waals surface area contributed by atoms with Crippen LogP contribution in [0.1, 0.15) is 20.8 Å². The second-order valence-corrected chi connectivity index (χ2v) is 7.07. The van der Waals surface area contributed by atoms with Gasteiger partial charge < -0.3 is 10.0 Å². The summed E-state index contributed by atoms with van der Waals surface area (Å²) in [6, 6.07) is 10.7. The Morgan fingerprint density at radius 1 is 1.04 bits per heavy atom. The predicted octanol–water partition coefficient (Wildman–Crippen LogP) is 0.609. The topological polar surface area (TPSA) is 118 Å². The third-order valence-corrected chi connectivity index (χ3v) is 4.64. The SMILES string of the molecule is CCN(CC)c1ccc(N=Nc2ccc(S(=O)(=O)O)cc2)c(N=C(C)[O-])c1.[Na+]. The zero-order chi connectivity index (χ0) is 20.0. The smallest absolute Gasteiger partial charge is 0.862 e. The molecule has 8 nitrogen and oxygen atoms in total. The average Bonchev–Trinajstić information content (AvgIpc) is 2.61. The summed E-state index contributed by atoms with van der Waals surface area (Å²) >= 11 is 0. The van der Waals surface area contributed by atoms with Crippen molar-refractivity contribution in [2.45, 2.75) is 25.7 Å². The van der Waals surface area contributed by atoms with Crippen LogP contribution in [0.2, 0.25) is 0 Å². The molecule has 0 aliphatic heterocycles. The summed E-state index contributed by atoms with van der Waals surface area (Å²) in [7, 11) is -4.25. The maximum Gasteiger partial charge on any atom is 1.00 e. The fourth-order valence-corrected chi connectivity index (χ4v) is 2.92. The second-order valence-electron chi connectivity index (χ2n) is 5.65. The van der Waals surface area contributed by atoms with Crippen molar-refractivity contribution in [3.63, 3.8) is 0 Å². The first-order valence-corrected chi connectivity index (χ1v) is 9.79. The second kappa shape index (κ2) is 10.7. The van der Waals surface area contributed by atoms with Crippen LogP contribution in [0, 0.1) is 0 Å². The Morgan fingerprint density at radius 2 is 1.64 bits per heavy atom. The fraction of sp³-hybridized carbons (Fsp3) is 0.278. The Bertz CT molecular complexity index is 952. The third kappa shape index (κ3) is 6.68. The van der Waals surface area contributed by atoms with E-state index in [1.807, 2.05) is 19.9 Å². The molecule has 0 aliphatic carbocycles. The van der Waals surface area contributed by atoms with E-state index in [2.05, 4.69) is 20.1 Å². The summed E-state index contributed by atoms with van der Waals surface area (Å²) in [5, 5.41) is 19.6. The van der Waals surface area contributed by atoms with Crippen molar-refractivity contribution in [3.8, 4) is 0 Å². The molecule has 0 radical (unpaired) electrons. The number of hydrogen-bond acceptors (Lipinski definition) is 7. The minimum Gasteiger partial charge on any atom is -0.862 e. The molecular weight excluding hydrogens is 391 g/mol. The van der Waals surface area contributed by atoms with Gasteiger partial charge in [0.05, 0.1) is 16.3 Å². The first kappa shape index (κ1) is 24.3. The van der Waals surface area contributed by atoms with Crippen molar-refractivity contribution in [2.24, 2.45) is 15.2 Å². The molecule has 0 unspecified atom stereocenters. The molecule has 2 aromatic rings. The van der Waals surface area contributed by atoms with Gasteiger partial charge in [-0.3, -0.25) is 9.55 Å². The minimum absolute atomic E-state index is 0. The Hall–Kier alpha value is -1.78. The van der Waals surface area contributed by atoms with E-state index in [0.717, 1.165) is 18.8 Å². The Morgan fingerprint density at radius 3 is 2.14 bits per heavy atom. The van der Waals surface area contributed by atoms with Crippen LogP contribution >= 0.6 is 0 Å². The Kier molecular flexibility index (Phi) is 9.25. The van der Waals surface area contributed by atoms with Gasteiger partial charge in [-0.05, 0) is 69.1 Å². The summed E-state index contributed by atoms with van der Waals surface area (Å²) < 4.78 is 31.1. The van der Waals surface area contributed by atoms with E-state index >= 15 is 0 Å². The van der Waals surface area contributed by atoms with E-state index in [1.165, 1.54) is 31.2 Å². The Balaban J connectivity index is 0.00000392. The van der Waals surface area contributed by atoms with Crippen LogP contribution in [0.3, 0.4) is 0 Å². The number of anilines is 1. The quantitative estimate of drug-likeness (QED) is 0.235. The summed E-state index contributed by atoms with van der Waals surface area (Å²) in [5.41, 5.74) is 2.14. The van der Waals surface area contributed by atoms with E-state index < -0.39 is 10.1 Å². The molecule has 0 heterocycles. The van der Waals surface area contributed by atoms with E-state index in [9.17, 15) is 13.5 Å². The van der Waals surface area contributed by atoms with Crippen LogP contribution < -0.4 is 39.6 Å². The zero-order valence-electron chi connectivity index (χ0n) is 16.3. The van der Waals surface area contributed by atoms with Crippen LogP contribution in [0.5, 0.6) is 0 Å². The summed E-state index contributed by atoms with van der Waals surface area (Å²) in [6.07, 6.45) is 0. The number of azo groups is 1. The number of aliphatic imine (C=N–C) groups is 1. The minimum atomic E-state index is -4.25. The van der Waals surface area contributed by atoms with Gasteiger partial charge in [0, 0.05) is 18.8 Å². The molecule has 2 aromatic carbocycles. The van der Waals surface area contributed by atoms with E-state index in [0.29, 0.717) is 17.1 Å². The largest absolute Gasteiger partial charge is 1.00 e. The standard InChI is InChI=1S/C18H22N4O4S.Na/c1-4-22(5-2)15-8-11-17(18(12-15)19-13(3)23)21-20-14-6-9-16(10-7-14)27(24,25)26;/h6-12H,4-5H2,1-3H3,(H,19,23)(H,24,25,26);/q;+1/p-1. The molecule has 144 valence electrons. The molecule has 0 bridgehead atoms. The number of benzene rings is 2. The first-order valence-electron chi connectivity index (χ1n) is 8.35. The van der Waals surface area contributed by atoms with E-state index in [-0.39, 0.29) is 40.4 Å². The molecule has 0 saturated heterocycles. The van der Waals surface area contributed by atoms with Crippen LogP contribution in [0.15, 0.2) is 62.6 Å². The fourth-order valence-electron chi connectivity index (χ4n) is 2.44. The third-order valence-electron chi connectivity index (χ3n) is 3.77. The van der Waals surface area contributed by atoms with Crippen molar-refractivity contribution in [2.75, 3.05) is 18.0 Å². The molecule has 0 saturated carbocycles. The number of rotatable bonds is 7. The van der Waals surface area contributed by atoms with Crippen LogP contribution in [-0.2, 0) is 10.1 Å². The zero-order valence-corrected chi connectivity index (χ0v) is 19.1.